The Hall–Kier alpha value is -3.56. The fraction of sp³-hybridized carbons (Fsp3) is 0.526. The second kappa shape index (κ2) is 16.2. The molecule has 0 radical (unpaired) electrons. The van der Waals surface area contributed by atoms with Crippen LogP contribution in [0, 0.1) is 24.1 Å². The van der Waals surface area contributed by atoms with E-state index in [0.29, 0.717) is 22.8 Å². The fourth-order valence-corrected chi connectivity index (χ4v) is 6.85. The lowest BCUT2D eigenvalue weighted by Crippen LogP contribution is -2.43. The summed E-state index contributed by atoms with van der Waals surface area (Å²) in [5.74, 6) is 0.129. The predicted octanol–water partition coefficient (Wildman–Crippen LogP) is 9.68. The van der Waals surface area contributed by atoms with E-state index in [1.165, 1.54) is 44.2 Å². The Bertz CT molecular complexity index is 1710. The van der Waals surface area contributed by atoms with Crippen molar-refractivity contribution < 1.29 is 9.13 Å². The first-order valence-electron chi connectivity index (χ1n) is 17.1. The van der Waals surface area contributed by atoms with Gasteiger partial charge in [-0.3, -0.25) is 9.48 Å². The highest BCUT2D eigenvalue weighted by atomic mass is 35.5. The Labute approximate surface area is 290 Å². The van der Waals surface area contributed by atoms with Crippen LogP contribution in [0.5, 0.6) is 0 Å². The van der Waals surface area contributed by atoms with Gasteiger partial charge in [-0.2, -0.15) is 5.10 Å². The normalized spacial score (nSPS) is 13.5. The molecule has 10 heteroatoms. The molecule has 1 N–H and O–H groups in total. The molecule has 0 spiro atoms. The Kier molecular flexibility index (Phi) is 12.6. The Morgan fingerprint density at radius 1 is 1.02 bits per heavy atom. The largest absolute Gasteiger partial charge is 0.373 e. The van der Waals surface area contributed by atoms with Crippen molar-refractivity contribution in [2.24, 2.45) is 18.4 Å². The quantitative estimate of drug-likeness (QED) is 0.119. The molecule has 4 aromatic rings. The molecule has 1 unspecified atom stereocenters. The molecule has 0 bridgehead atoms. The molecular formula is C38H52ClFN6O2. The summed E-state index contributed by atoms with van der Waals surface area (Å²) < 4.78 is 24.9. The van der Waals surface area contributed by atoms with Gasteiger partial charge >= 0.3 is 0 Å². The van der Waals surface area contributed by atoms with Crippen LogP contribution in [0.3, 0.4) is 0 Å². The summed E-state index contributed by atoms with van der Waals surface area (Å²) in [5.41, 5.74) is 2.70. The van der Waals surface area contributed by atoms with Gasteiger partial charge in [-0.25, -0.2) is 14.4 Å². The van der Waals surface area contributed by atoms with Crippen LogP contribution in [-0.2, 0) is 11.8 Å². The molecule has 0 aliphatic carbocycles. The zero-order valence-electron chi connectivity index (χ0n) is 29.8. The summed E-state index contributed by atoms with van der Waals surface area (Å²) in [6.45, 7) is 15.4. The third-order valence-electron chi connectivity index (χ3n) is 9.17. The Morgan fingerprint density at radius 2 is 1.75 bits per heavy atom. The maximum absolute atomic E-state index is 14.8. The average molecular weight is 679 g/mol. The highest BCUT2D eigenvalue weighted by Crippen LogP contribution is 2.41. The zero-order valence-corrected chi connectivity index (χ0v) is 30.6. The molecule has 48 heavy (non-hydrogen) atoms. The van der Waals surface area contributed by atoms with Gasteiger partial charge < -0.3 is 14.6 Å². The number of aryl methyl sites for hydroxylation is 2. The molecule has 3 heterocycles. The molecule has 0 saturated heterocycles. The van der Waals surface area contributed by atoms with Gasteiger partial charge in [-0.1, -0.05) is 83.9 Å². The van der Waals surface area contributed by atoms with E-state index >= 15 is 0 Å². The molecule has 0 aliphatic rings. The summed E-state index contributed by atoms with van der Waals surface area (Å²) in [4.78, 5) is 22.8. The Morgan fingerprint density at radius 3 is 2.40 bits per heavy atom. The van der Waals surface area contributed by atoms with Crippen LogP contribution in [-0.4, -0.2) is 36.5 Å². The van der Waals surface area contributed by atoms with Gasteiger partial charge in [0.15, 0.2) is 0 Å². The lowest BCUT2D eigenvalue weighted by molar-refractivity contribution is -0.102. The maximum Gasteiger partial charge on any atom is 0.251 e. The van der Waals surface area contributed by atoms with Crippen molar-refractivity contribution in [1.29, 1.82) is 0 Å². The van der Waals surface area contributed by atoms with Crippen LogP contribution >= 0.6 is 11.6 Å². The fourth-order valence-electron chi connectivity index (χ4n) is 6.73. The van der Waals surface area contributed by atoms with Crippen molar-refractivity contribution >= 4 is 23.2 Å². The number of rotatable bonds is 16. The number of anilines is 2. The molecular weight excluding hydrogens is 627 g/mol. The van der Waals surface area contributed by atoms with E-state index in [1.54, 1.807) is 39.8 Å². The highest BCUT2D eigenvalue weighted by molar-refractivity contribution is 6.30. The van der Waals surface area contributed by atoms with E-state index in [4.69, 9.17) is 16.3 Å². The number of hydrogen-bond donors (Lipinski definition) is 1. The van der Waals surface area contributed by atoms with Gasteiger partial charge in [-0.05, 0) is 68.4 Å². The van der Waals surface area contributed by atoms with Crippen molar-refractivity contribution in [3.8, 4) is 11.3 Å². The van der Waals surface area contributed by atoms with E-state index in [0.717, 1.165) is 24.2 Å². The highest BCUT2D eigenvalue weighted by Gasteiger charge is 2.39. The van der Waals surface area contributed by atoms with Gasteiger partial charge in [0, 0.05) is 37.3 Å². The molecule has 1 aromatic carbocycles. The van der Waals surface area contributed by atoms with E-state index in [2.05, 4.69) is 61.9 Å². The first-order valence-corrected chi connectivity index (χ1v) is 17.5. The minimum absolute atomic E-state index is 0.00819. The summed E-state index contributed by atoms with van der Waals surface area (Å²) in [6, 6.07) is 9.24. The van der Waals surface area contributed by atoms with Crippen molar-refractivity contribution in [2.75, 3.05) is 11.9 Å². The smallest absolute Gasteiger partial charge is 0.251 e. The topological polar surface area (TPSA) is 86.9 Å². The van der Waals surface area contributed by atoms with E-state index in [9.17, 15) is 9.18 Å². The van der Waals surface area contributed by atoms with Gasteiger partial charge in [-0.15, -0.1) is 0 Å². The van der Waals surface area contributed by atoms with Crippen molar-refractivity contribution in [3.63, 3.8) is 0 Å². The summed E-state index contributed by atoms with van der Waals surface area (Å²) >= 11 is 6.06. The van der Waals surface area contributed by atoms with Gasteiger partial charge in [0.05, 0.1) is 40.3 Å². The van der Waals surface area contributed by atoms with Gasteiger partial charge in [0.1, 0.15) is 5.82 Å². The van der Waals surface area contributed by atoms with Gasteiger partial charge in [0.25, 0.3) is 5.56 Å². The number of ether oxygens (including phenoxy) is 1. The molecule has 0 aliphatic heterocycles. The average Bonchev–Trinajstić information content (AvgIpc) is 3.34. The lowest BCUT2D eigenvalue weighted by atomic mass is 9.69. The molecule has 2 atom stereocenters. The number of pyridine rings is 1. The minimum atomic E-state index is -0.580. The molecule has 8 nitrogen and oxygen atoms in total. The van der Waals surface area contributed by atoms with Crippen LogP contribution in [0.15, 0.2) is 59.8 Å². The van der Waals surface area contributed by atoms with Crippen molar-refractivity contribution in [1.82, 2.24) is 24.3 Å². The van der Waals surface area contributed by atoms with Crippen LogP contribution in [0.25, 0.3) is 11.3 Å². The van der Waals surface area contributed by atoms with Crippen LogP contribution in [0.4, 0.5) is 16.0 Å². The van der Waals surface area contributed by atoms with Crippen molar-refractivity contribution in [2.45, 2.75) is 105 Å². The van der Waals surface area contributed by atoms with Crippen LogP contribution < -0.4 is 10.9 Å². The molecule has 0 saturated carbocycles. The summed E-state index contributed by atoms with van der Waals surface area (Å²) in [6.07, 6.45) is 13.7. The third kappa shape index (κ3) is 9.75. The number of unbranched alkanes of at least 4 members (excludes halogenated alkanes) is 5. The lowest BCUT2D eigenvalue weighted by Gasteiger charge is -2.43. The van der Waals surface area contributed by atoms with E-state index in [1.807, 2.05) is 26.2 Å². The number of hydrogen-bond acceptors (Lipinski definition) is 6. The summed E-state index contributed by atoms with van der Waals surface area (Å²) in [7, 11) is 1.85. The molecule has 0 amide bonds. The number of aromatic nitrogens is 5. The predicted molar refractivity (Wildman–Crippen MR) is 193 cm³/mol. The third-order valence-corrected chi connectivity index (χ3v) is 9.47. The minimum Gasteiger partial charge on any atom is -0.373 e. The SMILES string of the molecule is CCCCCCCCC(C(C)(C)C)C(C)(C)OC[C@H](c1ccc(Cl)c(F)c1)n1ccc(-c2ccnc(Nc3cn(C)nc3C)n2)cc1=O. The standard InChI is InChI=1S/C38H52ClFN6O2/c1-9-10-11-12-13-14-15-34(37(3,4)5)38(6,7)48-25-33(28-16-17-29(39)30(40)22-28)46-21-19-27(23-35(46)47)31-18-20-41-36(42-31)43-32-24-45(8)44-26(32)2/h16-24,33-34H,9-15,25H2,1-8H3,(H,41,42,43)/t33-,34?/m1/s1. The molecule has 0 fully saturated rings. The number of halogens is 2. The van der Waals surface area contributed by atoms with Crippen LogP contribution in [0.1, 0.15) is 104 Å². The van der Waals surface area contributed by atoms with E-state index < -0.39 is 17.5 Å². The maximum atomic E-state index is 14.8. The zero-order chi connectivity index (χ0) is 35.1. The number of benzene rings is 1. The van der Waals surface area contributed by atoms with E-state index in [-0.39, 0.29) is 28.5 Å². The number of nitrogens with zero attached hydrogens (tertiary/aromatic N) is 5. The first kappa shape index (κ1) is 37.3. The van der Waals surface area contributed by atoms with Crippen LogP contribution in [0.2, 0.25) is 5.02 Å². The van der Waals surface area contributed by atoms with Gasteiger partial charge in [0.2, 0.25) is 5.95 Å². The summed E-state index contributed by atoms with van der Waals surface area (Å²) in [5, 5.41) is 7.58. The monoisotopic (exact) mass is 678 g/mol. The molecule has 260 valence electrons. The Balaban J connectivity index is 1.59. The second-order valence-corrected chi connectivity index (χ2v) is 14.8. The second-order valence-electron chi connectivity index (χ2n) is 14.4. The van der Waals surface area contributed by atoms with Crippen molar-refractivity contribution in [3.05, 3.63) is 87.4 Å². The molecule has 4 rings (SSSR count). The first-order chi connectivity index (χ1) is 22.7. The number of nitrogens with one attached hydrogen (secondary N) is 1. The molecule has 3 aromatic heterocycles.